The Kier molecular flexibility index (Phi) is 3.34. The van der Waals surface area contributed by atoms with Crippen LogP contribution in [0.1, 0.15) is 11.8 Å². The minimum absolute atomic E-state index is 0.221. The SMILES string of the molecule is N#CC(O)c1ncccc1Oc1ccccc1. The molecule has 0 fully saturated rings. The quantitative estimate of drug-likeness (QED) is 0.816. The highest BCUT2D eigenvalue weighted by Gasteiger charge is 2.14. The van der Waals surface area contributed by atoms with E-state index in [1.807, 2.05) is 18.2 Å². The number of aliphatic hydroxyl groups is 1. The summed E-state index contributed by atoms with van der Waals surface area (Å²) in [5.41, 5.74) is 0.221. The van der Waals surface area contributed by atoms with Gasteiger partial charge in [0, 0.05) is 6.20 Å². The molecule has 0 aliphatic rings. The van der Waals surface area contributed by atoms with E-state index in [-0.39, 0.29) is 5.69 Å². The van der Waals surface area contributed by atoms with E-state index in [2.05, 4.69) is 4.98 Å². The molecule has 0 aliphatic carbocycles. The average molecular weight is 226 g/mol. The standard InChI is InChI=1S/C13H10N2O2/c14-9-11(16)13-12(7-4-8-15-13)17-10-5-2-1-3-6-10/h1-8,11,16H. The predicted molar refractivity (Wildman–Crippen MR) is 61.3 cm³/mol. The summed E-state index contributed by atoms with van der Waals surface area (Å²) in [5.74, 6) is 1.01. The van der Waals surface area contributed by atoms with Gasteiger partial charge >= 0.3 is 0 Å². The molecule has 1 aromatic carbocycles. The summed E-state index contributed by atoms with van der Waals surface area (Å²) in [5, 5.41) is 18.2. The summed E-state index contributed by atoms with van der Waals surface area (Å²) < 4.78 is 5.56. The van der Waals surface area contributed by atoms with Crippen molar-refractivity contribution >= 4 is 0 Å². The predicted octanol–water partition coefficient (Wildman–Crippen LogP) is 2.43. The first-order valence-corrected chi connectivity index (χ1v) is 5.07. The first-order valence-electron chi connectivity index (χ1n) is 5.07. The van der Waals surface area contributed by atoms with Gasteiger partial charge in [0.15, 0.2) is 11.9 Å². The lowest BCUT2D eigenvalue weighted by atomic mass is 10.2. The number of aliphatic hydroxyl groups excluding tert-OH is 1. The van der Waals surface area contributed by atoms with E-state index >= 15 is 0 Å². The Morgan fingerprint density at radius 3 is 2.65 bits per heavy atom. The third-order valence-corrected chi connectivity index (χ3v) is 2.15. The maximum Gasteiger partial charge on any atom is 0.186 e. The Labute approximate surface area is 98.7 Å². The molecule has 1 atom stereocenters. The van der Waals surface area contributed by atoms with Crippen molar-refractivity contribution in [2.45, 2.75) is 6.10 Å². The van der Waals surface area contributed by atoms with Gasteiger partial charge in [0.2, 0.25) is 0 Å². The van der Waals surface area contributed by atoms with Crippen molar-refractivity contribution in [2.24, 2.45) is 0 Å². The maximum atomic E-state index is 9.48. The number of nitriles is 1. The smallest absolute Gasteiger partial charge is 0.186 e. The van der Waals surface area contributed by atoms with Crippen LogP contribution in [0.2, 0.25) is 0 Å². The number of aromatic nitrogens is 1. The third-order valence-electron chi connectivity index (χ3n) is 2.15. The molecule has 4 heteroatoms. The number of hydrogen-bond donors (Lipinski definition) is 1. The summed E-state index contributed by atoms with van der Waals surface area (Å²) in [6, 6.07) is 14.2. The van der Waals surface area contributed by atoms with Crippen molar-refractivity contribution < 1.29 is 9.84 Å². The molecule has 1 heterocycles. The number of para-hydroxylation sites is 1. The summed E-state index contributed by atoms with van der Waals surface area (Å²) in [7, 11) is 0. The molecule has 17 heavy (non-hydrogen) atoms. The first kappa shape index (κ1) is 11.1. The molecule has 1 N–H and O–H groups in total. The van der Waals surface area contributed by atoms with Gasteiger partial charge in [-0.2, -0.15) is 5.26 Å². The molecule has 1 unspecified atom stereocenters. The Balaban J connectivity index is 2.31. The minimum Gasteiger partial charge on any atom is -0.455 e. The van der Waals surface area contributed by atoms with Crippen LogP contribution >= 0.6 is 0 Å². The summed E-state index contributed by atoms with van der Waals surface area (Å²) in [6.45, 7) is 0. The maximum absolute atomic E-state index is 9.48. The average Bonchev–Trinajstić information content (AvgIpc) is 2.40. The zero-order chi connectivity index (χ0) is 12.1. The van der Waals surface area contributed by atoms with Crippen LogP contribution in [0.5, 0.6) is 11.5 Å². The van der Waals surface area contributed by atoms with Crippen molar-refractivity contribution in [3.63, 3.8) is 0 Å². The molecule has 0 bridgehead atoms. The molecule has 0 radical (unpaired) electrons. The fourth-order valence-corrected chi connectivity index (χ4v) is 1.37. The number of pyridine rings is 1. The summed E-state index contributed by atoms with van der Waals surface area (Å²) in [6.07, 6.45) is 0.225. The van der Waals surface area contributed by atoms with E-state index in [9.17, 15) is 5.11 Å². The van der Waals surface area contributed by atoms with Crippen molar-refractivity contribution in [1.82, 2.24) is 4.98 Å². The van der Waals surface area contributed by atoms with Crippen LogP contribution in [0.15, 0.2) is 48.7 Å². The largest absolute Gasteiger partial charge is 0.455 e. The van der Waals surface area contributed by atoms with Crippen LogP contribution in [0.25, 0.3) is 0 Å². The molecule has 4 nitrogen and oxygen atoms in total. The molecule has 0 amide bonds. The summed E-state index contributed by atoms with van der Waals surface area (Å²) >= 11 is 0. The molecule has 1 aromatic heterocycles. The molecular formula is C13H10N2O2. The number of hydrogen-bond acceptors (Lipinski definition) is 4. The van der Waals surface area contributed by atoms with E-state index in [1.54, 1.807) is 30.3 Å². The minimum atomic E-state index is -1.28. The monoisotopic (exact) mass is 226 g/mol. The zero-order valence-corrected chi connectivity index (χ0v) is 8.95. The fourth-order valence-electron chi connectivity index (χ4n) is 1.37. The fraction of sp³-hybridized carbons (Fsp3) is 0.0769. The number of rotatable bonds is 3. The van der Waals surface area contributed by atoms with Crippen LogP contribution in [0, 0.1) is 11.3 Å². The van der Waals surface area contributed by atoms with E-state index in [1.165, 1.54) is 6.20 Å². The highest BCUT2D eigenvalue weighted by atomic mass is 16.5. The molecule has 0 spiro atoms. The van der Waals surface area contributed by atoms with Gasteiger partial charge in [-0.3, -0.25) is 4.98 Å². The van der Waals surface area contributed by atoms with Crippen LogP contribution < -0.4 is 4.74 Å². The van der Waals surface area contributed by atoms with E-state index in [0.29, 0.717) is 11.5 Å². The van der Waals surface area contributed by atoms with E-state index in [4.69, 9.17) is 10.00 Å². The summed E-state index contributed by atoms with van der Waals surface area (Å²) in [4.78, 5) is 3.95. The van der Waals surface area contributed by atoms with Crippen molar-refractivity contribution in [2.75, 3.05) is 0 Å². The Morgan fingerprint density at radius 2 is 1.94 bits per heavy atom. The highest BCUT2D eigenvalue weighted by molar-refractivity contribution is 5.36. The third kappa shape index (κ3) is 2.60. The van der Waals surface area contributed by atoms with Gasteiger partial charge in [0.1, 0.15) is 17.5 Å². The Hall–Kier alpha value is -2.38. The topological polar surface area (TPSA) is 66.1 Å². The molecule has 0 saturated carbocycles. The van der Waals surface area contributed by atoms with Gasteiger partial charge in [0.05, 0.1) is 0 Å². The zero-order valence-electron chi connectivity index (χ0n) is 8.95. The Morgan fingerprint density at radius 1 is 1.18 bits per heavy atom. The second kappa shape index (κ2) is 5.10. The van der Waals surface area contributed by atoms with Crippen LogP contribution in [0.3, 0.4) is 0 Å². The van der Waals surface area contributed by atoms with Crippen molar-refractivity contribution in [3.8, 4) is 17.6 Å². The van der Waals surface area contributed by atoms with Crippen molar-refractivity contribution in [1.29, 1.82) is 5.26 Å². The van der Waals surface area contributed by atoms with Gasteiger partial charge in [-0.1, -0.05) is 18.2 Å². The Bertz CT molecular complexity index is 535. The van der Waals surface area contributed by atoms with Gasteiger partial charge in [-0.15, -0.1) is 0 Å². The van der Waals surface area contributed by atoms with Crippen LogP contribution in [-0.4, -0.2) is 10.1 Å². The number of ether oxygens (including phenoxy) is 1. The van der Waals surface area contributed by atoms with Crippen molar-refractivity contribution in [3.05, 3.63) is 54.4 Å². The highest BCUT2D eigenvalue weighted by Crippen LogP contribution is 2.27. The van der Waals surface area contributed by atoms with Gasteiger partial charge in [-0.25, -0.2) is 0 Å². The lowest BCUT2D eigenvalue weighted by Gasteiger charge is -2.10. The molecule has 2 aromatic rings. The molecule has 84 valence electrons. The number of nitrogens with zero attached hydrogens (tertiary/aromatic N) is 2. The number of benzene rings is 1. The first-order chi connectivity index (χ1) is 8.31. The molecule has 2 rings (SSSR count). The van der Waals surface area contributed by atoms with E-state index < -0.39 is 6.10 Å². The lowest BCUT2D eigenvalue weighted by Crippen LogP contribution is -2.00. The molecule has 0 aliphatic heterocycles. The van der Waals surface area contributed by atoms with Gasteiger partial charge < -0.3 is 9.84 Å². The lowest BCUT2D eigenvalue weighted by molar-refractivity contribution is 0.226. The molecule has 0 saturated heterocycles. The molecular weight excluding hydrogens is 216 g/mol. The van der Waals surface area contributed by atoms with Gasteiger partial charge in [-0.05, 0) is 24.3 Å². The van der Waals surface area contributed by atoms with Crippen LogP contribution in [-0.2, 0) is 0 Å². The second-order valence-corrected chi connectivity index (χ2v) is 3.33. The second-order valence-electron chi connectivity index (χ2n) is 3.33. The van der Waals surface area contributed by atoms with Gasteiger partial charge in [0.25, 0.3) is 0 Å². The normalized spacial score (nSPS) is 11.5. The van der Waals surface area contributed by atoms with E-state index in [0.717, 1.165) is 0 Å². The van der Waals surface area contributed by atoms with Crippen LogP contribution in [0.4, 0.5) is 0 Å².